The summed E-state index contributed by atoms with van der Waals surface area (Å²) in [5.41, 5.74) is 1.65. The molecule has 0 aliphatic heterocycles. The standard InChI is InChI=1S/C12H13NO3/c1-16-12(15)7-11(14)9-3-2-8-4-5-13-10(8)6-9/h2-6,11,13-14H,7H2,1H3/t11-/m0/s1. The first-order chi connectivity index (χ1) is 7.70. The Hall–Kier alpha value is -1.81. The molecule has 0 aliphatic carbocycles. The SMILES string of the molecule is COC(=O)C[C@H](O)c1ccc2cc[nH]c2c1. The van der Waals surface area contributed by atoms with E-state index in [1.54, 1.807) is 0 Å². The zero-order chi connectivity index (χ0) is 11.5. The van der Waals surface area contributed by atoms with Gasteiger partial charge in [-0.3, -0.25) is 4.79 Å². The minimum atomic E-state index is -0.819. The quantitative estimate of drug-likeness (QED) is 0.773. The van der Waals surface area contributed by atoms with E-state index in [1.807, 2.05) is 30.5 Å². The Kier molecular flexibility index (Phi) is 2.92. The number of benzene rings is 1. The van der Waals surface area contributed by atoms with Gasteiger partial charge in [0.25, 0.3) is 0 Å². The van der Waals surface area contributed by atoms with Crippen LogP contribution in [-0.4, -0.2) is 23.2 Å². The van der Waals surface area contributed by atoms with Crippen molar-refractivity contribution in [3.8, 4) is 0 Å². The Balaban J connectivity index is 2.22. The molecule has 1 aromatic heterocycles. The second-order valence-corrected chi connectivity index (χ2v) is 3.62. The van der Waals surface area contributed by atoms with Gasteiger partial charge in [0, 0.05) is 11.7 Å². The van der Waals surface area contributed by atoms with Crippen LogP contribution in [-0.2, 0) is 9.53 Å². The van der Waals surface area contributed by atoms with Crippen molar-refractivity contribution >= 4 is 16.9 Å². The van der Waals surface area contributed by atoms with Crippen LogP contribution in [0.4, 0.5) is 0 Å². The van der Waals surface area contributed by atoms with Gasteiger partial charge in [-0.2, -0.15) is 0 Å². The molecular weight excluding hydrogens is 206 g/mol. The summed E-state index contributed by atoms with van der Waals surface area (Å²) in [5, 5.41) is 10.9. The van der Waals surface area contributed by atoms with Gasteiger partial charge in [-0.1, -0.05) is 12.1 Å². The van der Waals surface area contributed by atoms with Crippen LogP contribution in [0.3, 0.4) is 0 Å². The van der Waals surface area contributed by atoms with E-state index in [0.29, 0.717) is 5.56 Å². The maximum Gasteiger partial charge on any atom is 0.308 e. The molecule has 1 atom stereocenters. The highest BCUT2D eigenvalue weighted by atomic mass is 16.5. The van der Waals surface area contributed by atoms with Crippen molar-refractivity contribution in [2.24, 2.45) is 0 Å². The Morgan fingerprint density at radius 2 is 2.31 bits per heavy atom. The average molecular weight is 219 g/mol. The fraction of sp³-hybridized carbons (Fsp3) is 0.250. The lowest BCUT2D eigenvalue weighted by Crippen LogP contribution is -2.07. The highest BCUT2D eigenvalue weighted by Crippen LogP contribution is 2.21. The molecule has 84 valence electrons. The van der Waals surface area contributed by atoms with Crippen LogP contribution < -0.4 is 0 Å². The van der Waals surface area contributed by atoms with Gasteiger partial charge in [0.2, 0.25) is 0 Å². The molecule has 0 unspecified atom stereocenters. The van der Waals surface area contributed by atoms with Gasteiger partial charge in [-0.05, 0) is 23.1 Å². The molecule has 4 nitrogen and oxygen atoms in total. The first kappa shape index (κ1) is 10.7. The number of H-pyrrole nitrogens is 1. The monoisotopic (exact) mass is 219 g/mol. The first-order valence-electron chi connectivity index (χ1n) is 5.02. The normalized spacial score (nSPS) is 12.6. The van der Waals surface area contributed by atoms with E-state index < -0.39 is 12.1 Å². The number of aliphatic hydroxyl groups is 1. The van der Waals surface area contributed by atoms with Gasteiger partial charge in [-0.25, -0.2) is 0 Å². The zero-order valence-corrected chi connectivity index (χ0v) is 8.93. The number of aromatic amines is 1. The van der Waals surface area contributed by atoms with Crippen molar-refractivity contribution in [1.82, 2.24) is 4.98 Å². The van der Waals surface area contributed by atoms with Crippen LogP contribution in [0.5, 0.6) is 0 Å². The van der Waals surface area contributed by atoms with Crippen molar-refractivity contribution < 1.29 is 14.6 Å². The smallest absolute Gasteiger partial charge is 0.308 e. The third kappa shape index (κ3) is 2.06. The minimum absolute atomic E-state index is 0.0251. The van der Waals surface area contributed by atoms with Crippen LogP contribution in [0.1, 0.15) is 18.1 Å². The number of ether oxygens (including phenoxy) is 1. The molecule has 1 heterocycles. The molecule has 1 aromatic carbocycles. The van der Waals surface area contributed by atoms with Gasteiger partial charge >= 0.3 is 5.97 Å². The van der Waals surface area contributed by atoms with Gasteiger partial charge < -0.3 is 14.8 Å². The highest BCUT2D eigenvalue weighted by Gasteiger charge is 2.13. The molecule has 2 aromatic rings. The van der Waals surface area contributed by atoms with Crippen molar-refractivity contribution in [3.63, 3.8) is 0 Å². The van der Waals surface area contributed by atoms with E-state index in [2.05, 4.69) is 9.72 Å². The Bertz CT molecular complexity index is 504. The molecule has 0 saturated heterocycles. The Labute approximate surface area is 92.9 Å². The topological polar surface area (TPSA) is 62.3 Å². The van der Waals surface area contributed by atoms with E-state index in [4.69, 9.17) is 0 Å². The minimum Gasteiger partial charge on any atom is -0.469 e. The van der Waals surface area contributed by atoms with Gasteiger partial charge in [0.1, 0.15) is 0 Å². The van der Waals surface area contributed by atoms with Crippen molar-refractivity contribution in [3.05, 3.63) is 36.0 Å². The maximum atomic E-state index is 11.0. The number of hydrogen-bond donors (Lipinski definition) is 2. The van der Waals surface area contributed by atoms with Crippen molar-refractivity contribution in [2.75, 3.05) is 7.11 Å². The molecule has 0 bridgehead atoms. The number of rotatable bonds is 3. The van der Waals surface area contributed by atoms with Gasteiger partial charge in [0.05, 0.1) is 19.6 Å². The third-order valence-electron chi connectivity index (χ3n) is 2.55. The van der Waals surface area contributed by atoms with E-state index in [9.17, 15) is 9.90 Å². The Morgan fingerprint density at radius 3 is 3.06 bits per heavy atom. The lowest BCUT2D eigenvalue weighted by atomic mass is 10.1. The summed E-state index contributed by atoms with van der Waals surface area (Å²) < 4.78 is 4.51. The predicted octanol–water partition coefficient (Wildman–Crippen LogP) is 1.76. The van der Waals surface area contributed by atoms with Crippen LogP contribution >= 0.6 is 0 Å². The lowest BCUT2D eigenvalue weighted by molar-refractivity contribution is -0.142. The van der Waals surface area contributed by atoms with Crippen LogP contribution in [0.2, 0.25) is 0 Å². The summed E-state index contributed by atoms with van der Waals surface area (Å²) in [6, 6.07) is 7.50. The Morgan fingerprint density at radius 1 is 1.50 bits per heavy atom. The molecule has 0 fully saturated rings. The number of carbonyl (C=O) groups is 1. The fourth-order valence-electron chi connectivity index (χ4n) is 1.63. The summed E-state index contributed by atoms with van der Waals surface area (Å²) in [6.07, 6.45) is 0.990. The number of hydrogen-bond acceptors (Lipinski definition) is 3. The van der Waals surface area contributed by atoms with Crippen molar-refractivity contribution in [1.29, 1.82) is 0 Å². The molecular formula is C12H13NO3. The van der Waals surface area contributed by atoms with E-state index >= 15 is 0 Å². The summed E-state index contributed by atoms with van der Waals surface area (Å²) in [4.78, 5) is 14.1. The number of esters is 1. The number of nitrogens with one attached hydrogen (secondary N) is 1. The van der Waals surface area contributed by atoms with Gasteiger partial charge in [-0.15, -0.1) is 0 Å². The molecule has 2 N–H and O–H groups in total. The second-order valence-electron chi connectivity index (χ2n) is 3.62. The maximum absolute atomic E-state index is 11.0. The molecule has 0 aliphatic rings. The molecule has 0 amide bonds. The summed E-state index contributed by atoms with van der Waals surface area (Å²) >= 11 is 0. The van der Waals surface area contributed by atoms with E-state index in [-0.39, 0.29) is 6.42 Å². The molecule has 4 heteroatoms. The number of aliphatic hydroxyl groups excluding tert-OH is 1. The summed E-state index contributed by atoms with van der Waals surface area (Å²) in [6.45, 7) is 0. The molecule has 2 rings (SSSR count). The van der Waals surface area contributed by atoms with Crippen LogP contribution in [0.25, 0.3) is 10.9 Å². The third-order valence-corrected chi connectivity index (χ3v) is 2.55. The van der Waals surface area contributed by atoms with E-state index in [1.165, 1.54) is 7.11 Å². The number of aromatic nitrogens is 1. The van der Waals surface area contributed by atoms with Crippen LogP contribution in [0.15, 0.2) is 30.5 Å². The lowest BCUT2D eigenvalue weighted by Gasteiger charge is -2.09. The zero-order valence-electron chi connectivity index (χ0n) is 8.93. The highest BCUT2D eigenvalue weighted by molar-refractivity contribution is 5.80. The fourth-order valence-corrected chi connectivity index (χ4v) is 1.63. The van der Waals surface area contributed by atoms with Crippen molar-refractivity contribution in [2.45, 2.75) is 12.5 Å². The molecule has 16 heavy (non-hydrogen) atoms. The first-order valence-corrected chi connectivity index (χ1v) is 5.02. The van der Waals surface area contributed by atoms with Crippen LogP contribution in [0, 0.1) is 0 Å². The number of carbonyl (C=O) groups excluding carboxylic acids is 1. The molecule has 0 saturated carbocycles. The molecule has 0 spiro atoms. The number of fused-ring (bicyclic) bond motifs is 1. The second kappa shape index (κ2) is 4.37. The summed E-state index contributed by atoms with van der Waals surface area (Å²) in [5.74, 6) is -0.418. The predicted molar refractivity (Wildman–Crippen MR) is 59.9 cm³/mol. The van der Waals surface area contributed by atoms with Gasteiger partial charge in [0.15, 0.2) is 0 Å². The largest absolute Gasteiger partial charge is 0.469 e. The summed E-state index contributed by atoms with van der Waals surface area (Å²) in [7, 11) is 1.31. The number of methoxy groups -OCH3 is 1. The van der Waals surface area contributed by atoms with E-state index in [0.717, 1.165) is 10.9 Å². The molecule has 0 radical (unpaired) electrons. The average Bonchev–Trinajstić information content (AvgIpc) is 2.75.